The molecule has 17 heavy (non-hydrogen) atoms. The lowest BCUT2D eigenvalue weighted by atomic mass is 10.1. The van der Waals surface area contributed by atoms with Crippen molar-refractivity contribution in [3.8, 4) is 0 Å². The van der Waals surface area contributed by atoms with Crippen LogP contribution in [0.3, 0.4) is 0 Å². The largest absolute Gasteiger partial charge is 0.276 e. The van der Waals surface area contributed by atoms with E-state index in [0.717, 1.165) is 11.1 Å². The van der Waals surface area contributed by atoms with Gasteiger partial charge in [-0.25, -0.2) is 4.99 Å². The van der Waals surface area contributed by atoms with Crippen molar-refractivity contribution < 1.29 is 4.79 Å². The number of hydrogen-bond acceptors (Lipinski definition) is 1. The molecular formula is C15H13NO. The highest BCUT2D eigenvalue weighted by molar-refractivity contribution is 6.01. The summed E-state index contributed by atoms with van der Waals surface area (Å²) in [6.45, 7) is 1.99. The summed E-state index contributed by atoms with van der Waals surface area (Å²) < 4.78 is 0. The van der Waals surface area contributed by atoms with Crippen molar-refractivity contribution in [2.24, 2.45) is 4.99 Å². The third kappa shape index (κ3) is 2.88. The van der Waals surface area contributed by atoms with Gasteiger partial charge in [-0.1, -0.05) is 42.5 Å². The second-order valence-corrected chi connectivity index (χ2v) is 3.79. The Morgan fingerprint density at radius 3 is 2.35 bits per heavy atom. The van der Waals surface area contributed by atoms with E-state index in [1.165, 1.54) is 0 Å². The Labute approximate surface area is 101 Å². The minimum atomic E-state index is -0.214. The lowest BCUT2D eigenvalue weighted by molar-refractivity contribution is 0.100. The zero-order chi connectivity index (χ0) is 12.1. The molecule has 0 saturated carbocycles. The quantitative estimate of drug-likeness (QED) is 0.718. The van der Waals surface area contributed by atoms with E-state index in [0.29, 0.717) is 5.56 Å². The third-order valence-electron chi connectivity index (χ3n) is 2.53. The number of carbonyl (C=O) groups excluding carboxylic acids is 1. The maximum atomic E-state index is 11.7. The fraction of sp³-hybridized carbons (Fsp3) is 0.0667. The minimum absolute atomic E-state index is 0.214. The van der Waals surface area contributed by atoms with Crippen molar-refractivity contribution in [1.29, 1.82) is 0 Å². The molecule has 0 atom stereocenters. The molecule has 2 rings (SSSR count). The molecule has 0 N–H and O–H groups in total. The topological polar surface area (TPSA) is 29.4 Å². The van der Waals surface area contributed by atoms with Crippen molar-refractivity contribution >= 4 is 12.1 Å². The number of nitrogens with zero attached hydrogens (tertiary/aromatic N) is 1. The van der Waals surface area contributed by atoms with Crippen LogP contribution in [0.4, 0.5) is 0 Å². The number of hydrogen-bond donors (Lipinski definition) is 0. The van der Waals surface area contributed by atoms with Crippen LogP contribution in [0.1, 0.15) is 21.5 Å². The first kappa shape index (κ1) is 11.3. The molecule has 0 heterocycles. The van der Waals surface area contributed by atoms with Crippen LogP contribution in [0.2, 0.25) is 0 Å². The van der Waals surface area contributed by atoms with E-state index in [1.807, 2.05) is 49.4 Å². The average molecular weight is 223 g/mol. The number of benzene rings is 2. The first-order valence-electron chi connectivity index (χ1n) is 5.46. The first-order valence-corrected chi connectivity index (χ1v) is 5.46. The highest BCUT2D eigenvalue weighted by atomic mass is 16.1. The van der Waals surface area contributed by atoms with E-state index in [9.17, 15) is 4.79 Å². The van der Waals surface area contributed by atoms with Gasteiger partial charge in [0.2, 0.25) is 0 Å². The predicted octanol–water partition coefficient (Wildman–Crippen LogP) is 3.25. The van der Waals surface area contributed by atoms with Gasteiger partial charge >= 0.3 is 0 Å². The second-order valence-electron chi connectivity index (χ2n) is 3.79. The molecule has 0 radical (unpaired) electrons. The highest BCUT2D eigenvalue weighted by Gasteiger charge is 2.01. The maximum absolute atomic E-state index is 11.7. The van der Waals surface area contributed by atoms with Gasteiger partial charge < -0.3 is 0 Å². The first-order chi connectivity index (χ1) is 8.27. The maximum Gasteiger partial charge on any atom is 0.276 e. The highest BCUT2D eigenvalue weighted by Crippen LogP contribution is 2.05. The van der Waals surface area contributed by atoms with Gasteiger partial charge in [0.1, 0.15) is 0 Å². The second kappa shape index (κ2) is 5.21. The van der Waals surface area contributed by atoms with Crippen LogP contribution in [0.15, 0.2) is 59.6 Å². The summed E-state index contributed by atoms with van der Waals surface area (Å²) in [6.07, 6.45) is 1.62. The fourth-order valence-electron chi connectivity index (χ4n) is 1.52. The standard InChI is InChI=1S/C15H13NO/c1-12-7-5-6-10-14(12)11-16-15(17)13-8-3-2-4-9-13/h2-11H,1H3. The van der Waals surface area contributed by atoms with E-state index in [1.54, 1.807) is 18.3 Å². The lowest BCUT2D eigenvalue weighted by Gasteiger charge is -1.98. The molecule has 0 aliphatic carbocycles. The van der Waals surface area contributed by atoms with Gasteiger partial charge in [0, 0.05) is 11.8 Å². The Morgan fingerprint density at radius 2 is 1.65 bits per heavy atom. The van der Waals surface area contributed by atoms with Crippen LogP contribution >= 0.6 is 0 Å². The lowest BCUT2D eigenvalue weighted by Crippen LogP contribution is -1.96. The Hall–Kier alpha value is -2.22. The van der Waals surface area contributed by atoms with E-state index >= 15 is 0 Å². The molecule has 0 fully saturated rings. The Balaban J connectivity index is 2.17. The van der Waals surface area contributed by atoms with Gasteiger partial charge in [0.05, 0.1) is 0 Å². The summed E-state index contributed by atoms with van der Waals surface area (Å²) in [4.78, 5) is 15.7. The summed E-state index contributed by atoms with van der Waals surface area (Å²) in [7, 11) is 0. The molecule has 2 aromatic carbocycles. The number of carbonyl (C=O) groups is 1. The number of aryl methyl sites for hydroxylation is 1. The predicted molar refractivity (Wildman–Crippen MR) is 69.5 cm³/mol. The zero-order valence-corrected chi connectivity index (χ0v) is 9.63. The number of aliphatic imine (C=N–C) groups is 1. The molecule has 2 nitrogen and oxygen atoms in total. The minimum Gasteiger partial charge on any atom is -0.267 e. The molecular weight excluding hydrogens is 210 g/mol. The van der Waals surface area contributed by atoms with Gasteiger partial charge in [-0.3, -0.25) is 4.79 Å². The summed E-state index contributed by atoms with van der Waals surface area (Å²) in [5.74, 6) is -0.214. The molecule has 0 aromatic heterocycles. The van der Waals surface area contributed by atoms with Gasteiger partial charge in [-0.2, -0.15) is 0 Å². The summed E-state index contributed by atoms with van der Waals surface area (Å²) in [5, 5.41) is 0. The normalized spacial score (nSPS) is 10.6. The molecule has 2 heteroatoms. The van der Waals surface area contributed by atoms with Gasteiger partial charge in [0.25, 0.3) is 5.91 Å². The number of amides is 1. The van der Waals surface area contributed by atoms with Crippen molar-refractivity contribution in [1.82, 2.24) is 0 Å². The van der Waals surface area contributed by atoms with Gasteiger partial charge in [-0.05, 0) is 30.2 Å². The average Bonchev–Trinajstić information content (AvgIpc) is 2.38. The van der Waals surface area contributed by atoms with E-state index in [2.05, 4.69) is 4.99 Å². The van der Waals surface area contributed by atoms with Crippen molar-refractivity contribution in [3.63, 3.8) is 0 Å². The smallest absolute Gasteiger partial charge is 0.267 e. The van der Waals surface area contributed by atoms with Gasteiger partial charge in [0.15, 0.2) is 0 Å². The van der Waals surface area contributed by atoms with Crippen LogP contribution in [-0.2, 0) is 0 Å². The van der Waals surface area contributed by atoms with Crippen molar-refractivity contribution in [2.75, 3.05) is 0 Å². The van der Waals surface area contributed by atoms with E-state index in [-0.39, 0.29) is 5.91 Å². The Kier molecular flexibility index (Phi) is 3.46. The molecule has 0 bridgehead atoms. The molecule has 0 saturated heterocycles. The van der Waals surface area contributed by atoms with Crippen LogP contribution < -0.4 is 0 Å². The van der Waals surface area contributed by atoms with Gasteiger partial charge in [-0.15, -0.1) is 0 Å². The molecule has 0 unspecified atom stereocenters. The van der Waals surface area contributed by atoms with Crippen LogP contribution in [-0.4, -0.2) is 12.1 Å². The van der Waals surface area contributed by atoms with Crippen molar-refractivity contribution in [2.45, 2.75) is 6.92 Å². The molecule has 0 aliphatic rings. The zero-order valence-electron chi connectivity index (χ0n) is 9.63. The molecule has 2 aromatic rings. The molecule has 84 valence electrons. The molecule has 1 amide bonds. The monoisotopic (exact) mass is 223 g/mol. The van der Waals surface area contributed by atoms with Crippen LogP contribution in [0, 0.1) is 6.92 Å². The number of rotatable bonds is 2. The Morgan fingerprint density at radius 1 is 1.00 bits per heavy atom. The molecule has 0 spiro atoms. The van der Waals surface area contributed by atoms with E-state index in [4.69, 9.17) is 0 Å². The van der Waals surface area contributed by atoms with E-state index < -0.39 is 0 Å². The van der Waals surface area contributed by atoms with Crippen molar-refractivity contribution in [3.05, 3.63) is 71.3 Å². The fourth-order valence-corrected chi connectivity index (χ4v) is 1.52. The summed E-state index contributed by atoms with van der Waals surface area (Å²) in [6, 6.07) is 16.9. The van der Waals surface area contributed by atoms with Crippen LogP contribution in [0.25, 0.3) is 0 Å². The third-order valence-corrected chi connectivity index (χ3v) is 2.53. The van der Waals surface area contributed by atoms with Crippen LogP contribution in [0.5, 0.6) is 0 Å². The summed E-state index contributed by atoms with van der Waals surface area (Å²) >= 11 is 0. The summed E-state index contributed by atoms with van der Waals surface area (Å²) in [5.41, 5.74) is 2.69. The SMILES string of the molecule is Cc1ccccc1C=NC(=O)c1ccccc1. The Bertz CT molecular complexity index is 544. The molecule has 0 aliphatic heterocycles.